The lowest BCUT2D eigenvalue weighted by Crippen LogP contribution is -2.39. The zero-order valence-electron chi connectivity index (χ0n) is 15.5. The number of nitrogens with one attached hydrogen (secondary N) is 2. The number of hydrogen-bond acceptors (Lipinski definition) is 2. The van der Waals surface area contributed by atoms with Gasteiger partial charge in [-0.3, -0.25) is 9.59 Å². The molecule has 4 nitrogen and oxygen atoms in total. The van der Waals surface area contributed by atoms with Crippen LogP contribution in [-0.4, -0.2) is 22.2 Å². The van der Waals surface area contributed by atoms with Crippen molar-refractivity contribution in [3.05, 3.63) is 62.6 Å². The summed E-state index contributed by atoms with van der Waals surface area (Å²) in [6, 6.07) is 9.98. The fraction of sp³-hybridized carbons (Fsp3) is 0.333. The Morgan fingerprint density at radius 3 is 2.27 bits per heavy atom. The summed E-state index contributed by atoms with van der Waals surface area (Å²) in [7, 11) is 0. The van der Waals surface area contributed by atoms with Crippen LogP contribution in [0.4, 0.5) is 5.69 Å². The first-order valence-corrected chi connectivity index (χ1v) is 11.3. The van der Waals surface area contributed by atoms with Crippen molar-refractivity contribution in [2.45, 2.75) is 35.6 Å². The summed E-state index contributed by atoms with van der Waals surface area (Å²) >= 11 is 31.0. The van der Waals surface area contributed by atoms with E-state index in [1.165, 1.54) is 0 Å². The Morgan fingerprint density at radius 2 is 1.63 bits per heavy atom. The van der Waals surface area contributed by atoms with E-state index in [4.69, 9.17) is 58.0 Å². The third-order valence-corrected chi connectivity index (χ3v) is 7.57. The Labute approximate surface area is 199 Å². The Kier molecular flexibility index (Phi) is 6.17. The third kappa shape index (κ3) is 4.26. The van der Waals surface area contributed by atoms with Crippen molar-refractivity contribution in [2.24, 2.45) is 5.92 Å². The van der Waals surface area contributed by atoms with Gasteiger partial charge in [0, 0.05) is 17.6 Å². The summed E-state index contributed by atoms with van der Waals surface area (Å²) in [5.74, 6) is -1.72. The molecule has 2 atom stereocenters. The van der Waals surface area contributed by atoms with Gasteiger partial charge in [-0.05, 0) is 55.2 Å². The Balaban J connectivity index is 1.49. The van der Waals surface area contributed by atoms with E-state index in [0.717, 1.165) is 24.8 Å². The van der Waals surface area contributed by atoms with E-state index in [-0.39, 0.29) is 17.9 Å². The first-order chi connectivity index (χ1) is 14.2. The number of amides is 2. The predicted molar refractivity (Wildman–Crippen MR) is 122 cm³/mol. The highest BCUT2D eigenvalue weighted by molar-refractivity contribution is 6.53. The molecule has 2 fully saturated rings. The second kappa shape index (κ2) is 8.40. The number of benzene rings is 2. The van der Waals surface area contributed by atoms with Crippen molar-refractivity contribution in [2.75, 3.05) is 5.32 Å². The molecular weight excluding hydrogens is 490 g/mol. The minimum Gasteiger partial charge on any atom is -0.349 e. The summed E-state index contributed by atoms with van der Waals surface area (Å²) in [6.45, 7) is 0. The van der Waals surface area contributed by atoms with Gasteiger partial charge in [0.15, 0.2) is 0 Å². The van der Waals surface area contributed by atoms with E-state index in [1.807, 2.05) is 0 Å². The Bertz CT molecular complexity index is 1020. The van der Waals surface area contributed by atoms with E-state index in [2.05, 4.69) is 10.6 Å². The van der Waals surface area contributed by atoms with Gasteiger partial charge in [0.25, 0.3) is 5.91 Å². The van der Waals surface area contributed by atoms with Gasteiger partial charge in [0.1, 0.15) is 4.33 Å². The molecule has 30 heavy (non-hydrogen) atoms. The first-order valence-electron chi connectivity index (χ1n) is 9.42. The normalized spacial score (nSPS) is 22.2. The number of hydrogen-bond donors (Lipinski definition) is 2. The maximum atomic E-state index is 12.9. The maximum Gasteiger partial charge on any atom is 0.253 e. The standard InChI is InChI=1S/C21H17Cl5N2O2/c22-14-7-5-12(9-13(14)19(29)27-11-2-1-3-11)28-20(30)18-17(21(18,25)26)10-4-6-15(23)16(24)8-10/h4-9,11,17-18H,1-3H2,(H,27,29)(H,28,30)/t17-,18+/m0/s1. The smallest absolute Gasteiger partial charge is 0.253 e. The summed E-state index contributed by atoms with van der Waals surface area (Å²) < 4.78 is -1.27. The lowest BCUT2D eigenvalue weighted by atomic mass is 9.93. The highest BCUT2D eigenvalue weighted by Gasteiger charge is 2.67. The van der Waals surface area contributed by atoms with Crippen LogP contribution in [-0.2, 0) is 4.79 Å². The van der Waals surface area contributed by atoms with Crippen LogP contribution in [0, 0.1) is 5.92 Å². The first kappa shape index (κ1) is 22.0. The van der Waals surface area contributed by atoms with Gasteiger partial charge in [-0.2, -0.15) is 0 Å². The molecule has 2 aliphatic carbocycles. The molecule has 2 aromatic rings. The molecule has 2 aliphatic rings. The van der Waals surface area contributed by atoms with Crippen LogP contribution in [0.15, 0.2) is 36.4 Å². The topological polar surface area (TPSA) is 58.2 Å². The van der Waals surface area contributed by atoms with Gasteiger partial charge >= 0.3 is 0 Å². The second-order valence-corrected chi connectivity index (χ2v) is 10.3. The summed E-state index contributed by atoms with van der Waals surface area (Å²) in [5.41, 5.74) is 1.47. The van der Waals surface area contributed by atoms with Crippen molar-refractivity contribution >= 4 is 75.5 Å². The number of alkyl halides is 2. The van der Waals surface area contributed by atoms with Gasteiger partial charge in [0.2, 0.25) is 5.91 Å². The fourth-order valence-corrected chi connectivity index (χ4v) is 4.92. The van der Waals surface area contributed by atoms with E-state index < -0.39 is 16.2 Å². The van der Waals surface area contributed by atoms with Crippen LogP contribution in [0.1, 0.15) is 41.1 Å². The molecule has 0 saturated heterocycles. The van der Waals surface area contributed by atoms with Gasteiger partial charge in [-0.15, -0.1) is 23.2 Å². The molecule has 2 N–H and O–H groups in total. The molecule has 158 valence electrons. The Hall–Kier alpha value is -1.17. The molecule has 0 aliphatic heterocycles. The van der Waals surface area contributed by atoms with Crippen molar-refractivity contribution in [1.29, 1.82) is 0 Å². The molecular formula is C21H17Cl5N2O2. The largest absolute Gasteiger partial charge is 0.349 e. The minimum absolute atomic E-state index is 0.179. The van der Waals surface area contributed by atoms with Crippen LogP contribution in [0.2, 0.25) is 15.1 Å². The SMILES string of the molecule is O=C(NC1CCC1)c1cc(NC(=O)[C@H]2[C@H](c3ccc(Cl)c(Cl)c3)C2(Cl)Cl)ccc1Cl. The van der Waals surface area contributed by atoms with Crippen LogP contribution >= 0.6 is 58.0 Å². The zero-order valence-corrected chi connectivity index (χ0v) is 19.3. The highest BCUT2D eigenvalue weighted by Crippen LogP contribution is 2.65. The van der Waals surface area contributed by atoms with Crippen molar-refractivity contribution in [3.63, 3.8) is 0 Å². The van der Waals surface area contributed by atoms with Crippen LogP contribution in [0.25, 0.3) is 0 Å². The molecule has 2 amide bonds. The van der Waals surface area contributed by atoms with Crippen LogP contribution < -0.4 is 10.6 Å². The molecule has 0 bridgehead atoms. The molecule has 0 unspecified atom stereocenters. The van der Waals surface area contributed by atoms with E-state index in [0.29, 0.717) is 26.3 Å². The molecule has 9 heteroatoms. The monoisotopic (exact) mass is 504 g/mol. The van der Waals surface area contributed by atoms with Crippen LogP contribution in [0.5, 0.6) is 0 Å². The lowest BCUT2D eigenvalue weighted by molar-refractivity contribution is -0.117. The Morgan fingerprint density at radius 1 is 0.933 bits per heavy atom. The number of carbonyl (C=O) groups is 2. The number of rotatable bonds is 5. The van der Waals surface area contributed by atoms with Gasteiger partial charge < -0.3 is 10.6 Å². The molecule has 0 aromatic heterocycles. The molecule has 0 radical (unpaired) electrons. The lowest BCUT2D eigenvalue weighted by Gasteiger charge is -2.26. The quantitative estimate of drug-likeness (QED) is 0.458. The maximum absolute atomic E-state index is 12.9. The number of anilines is 1. The van der Waals surface area contributed by atoms with Gasteiger partial charge in [-0.1, -0.05) is 40.9 Å². The summed E-state index contributed by atoms with van der Waals surface area (Å²) in [6.07, 6.45) is 3.03. The van der Waals surface area contributed by atoms with Crippen molar-refractivity contribution in [3.8, 4) is 0 Å². The van der Waals surface area contributed by atoms with Gasteiger partial charge in [0.05, 0.1) is 26.5 Å². The minimum atomic E-state index is -1.27. The number of halogens is 5. The number of carbonyl (C=O) groups excluding carboxylic acids is 2. The predicted octanol–water partition coefficient (Wildman–Crippen LogP) is 6.46. The average molecular weight is 507 g/mol. The summed E-state index contributed by atoms with van der Waals surface area (Å²) in [4.78, 5) is 25.3. The van der Waals surface area contributed by atoms with E-state index in [1.54, 1.807) is 36.4 Å². The average Bonchev–Trinajstić information content (AvgIpc) is 3.24. The van der Waals surface area contributed by atoms with E-state index in [9.17, 15) is 9.59 Å². The third-order valence-electron chi connectivity index (χ3n) is 5.56. The van der Waals surface area contributed by atoms with Crippen molar-refractivity contribution < 1.29 is 9.59 Å². The van der Waals surface area contributed by atoms with Gasteiger partial charge in [-0.25, -0.2) is 0 Å². The fourth-order valence-electron chi connectivity index (χ4n) is 3.59. The molecule has 2 aromatic carbocycles. The van der Waals surface area contributed by atoms with E-state index >= 15 is 0 Å². The highest BCUT2D eigenvalue weighted by atomic mass is 35.5. The zero-order chi connectivity index (χ0) is 21.6. The van der Waals surface area contributed by atoms with Crippen molar-refractivity contribution in [1.82, 2.24) is 5.32 Å². The second-order valence-electron chi connectivity index (χ2n) is 7.59. The van der Waals surface area contributed by atoms with Crippen LogP contribution in [0.3, 0.4) is 0 Å². The molecule has 2 saturated carbocycles. The molecule has 4 rings (SSSR count). The molecule has 0 heterocycles. The summed E-state index contributed by atoms with van der Waals surface area (Å²) in [5, 5.41) is 6.81. The molecule has 0 spiro atoms.